The third-order valence-corrected chi connectivity index (χ3v) is 4.53. The minimum absolute atomic E-state index is 0.168. The van der Waals surface area contributed by atoms with Gasteiger partial charge in [-0.2, -0.15) is 0 Å². The van der Waals surface area contributed by atoms with E-state index in [1.54, 1.807) is 0 Å². The molecule has 0 aromatic heterocycles. The Morgan fingerprint density at radius 1 is 1.35 bits per heavy atom. The molecule has 0 aromatic carbocycles. The van der Waals surface area contributed by atoms with Gasteiger partial charge in [-0.1, -0.05) is 20.8 Å². The first-order valence-electron chi connectivity index (χ1n) is 8.29. The zero-order valence-corrected chi connectivity index (χ0v) is 13.5. The van der Waals surface area contributed by atoms with E-state index >= 15 is 0 Å². The Kier molecular flexibility index (Phi) is 8.15. The summed E-state index contributed by atoms with van der Waals surface area (Å²) in [6.45, 7) is 10.9. The van der Waals surface area contributed by atoms with Crippen molar-refractivity contribution in [3.8, 4) is 0 Å². The summed E-state index contributed by atoms with van der Waals surface area (Å²) in [5.74, 6) is 1.44. The molecule has 1 aliphatic heterocycles. The lowest BCUT2D eigenvalue weighted by molar-refractivity contribution is -0.120. The van der Waals surface area contributed by atoms with E-state index in [1.165, 1.54) is 32.4 Å². The highest BCUT2D eigenvalue weighted by Crippen LogP contribution is 2.24. The van der Waals surface area contributed by atoms with Crippen LogP contribution in [0.1, 0.15) is 52.9 Å². The Hall–Kier alpha value is -0.610. The molecule has 0 aliphatic carbocycles. The van der Waals surface area contributed by atoms with Gasteiger partial charge in [0, 0.05) is 6.54 Å². The molecule has 0 aromatic rings. The number of nitrogens with zero attached hydrogens (tertiary/aromatic N) is 1. The highest BCUT2D eigenvalue weighted by molar-refractivity contribution is 5.79. The smallest absolute Gasteiger partial charge is 0.234 e. The number of hydrogen-bond donors (Lipinski definition) is 2. The van der Waals surface area contributed by atoms with E-state index in [-0.39, 0.29) is 11.9 Å². The molecule has 1 heterocycles. The number of likely N-dealkylation sites (tertiary alicyclic amines) is 1. The van der Waals surface area contributed by atoms with Crippen LogP contribution in [-0.4, -0.2) is 43.0 Å². The van der Waals surface area contributed by atoms with E-state index in [1.807, 2.05) is 0 Å². The van der Waals surface area contributed by atoms with E-state index in [2.05, 4.69) is 31.0 Å². The summed E-state index contributed by atoms with van der Waals surface area (Å²) in [6, 6.07) is -0.168. The van der Waals surface area contributed by atoms with Crippen molar-refractivity contribution in [2.75, 3.05) is 26.2 Å². The molecule has 1 aliphatic rings. The molecule has 1 rings (SSSR count). The number of nitrogens with one attached hydrogen (secondary N) is 1. The summed E-state index contributed by atoms with van der Waals surface area (Å²) in [6.07, 6.45) is 5.79. The first-order valence-corrected chi connectivity index (χ1v) is 8.29. The van der Waals surface area contributed by atoms with Crippen LogP contribution in [0.25, 0.3) is 0 Å². The van der Waals surface area contributed by atoms with Gasteiger partial charge in [0.1, 0.15) is 0 Å². The molecular formula is C16H33N3O. The SMILES string of the molecule is CCCNC(CCN1CCCC(C(C)C)CC1)C(N)=O. The minimum Gasteiger partial charge on any atom is -0.368 e. The van der Waals surface area contributed by atoms with Crippen molar-refractivity contribution in [1.29, 1.82) is 0 Å². The van der Waals surface area contributed by atoms with Crippen LogP contribution in [0.3, 0.4) is 0 Å². The van der Waals surface area contributed by atoms with Crippen LogP contribution in [-0.2, 0) is 4.79 Å². The number of primary amides is 1. The molecule has 4 nitrogen and oxygen atoms in total. The Balaban J connectivity index is 2.34. The standard InChI is InChI=1S/C16H33N3O/c1-4-9-18-15(16(17)20)8-12-19-10-5-6-14(7-11-19)13(2)3/h13-15,18H,4-12H2,1-3H3,(H2,17,20). The third kappa shape index (κ3) is 6.23. The second-order valence-electron chi connectivity index (χ2n) is 6.47. The van der Waals surface area contributed by atoms with Crippen molar-refractivity contribution in [2.24, 2.45) is 17.6 Å². The fourth-order valence-electron chi connectivity index (χ4n) is 3.05. The Labute approximate surface area is 124 Å². The Morgan fingerprint density at radius 3 is 2.70 bits per heavy atom. The Morgan fingerprint density at radius 2 is 2.10 bits per heavy atom. The number of carbonyl (C=O) groups excluding carboxylic acids is 1. The van der Waals surface area contributed by atoms with Gasteiger partial charge < -0.3 is 16.0 Å². The summed E-state index contributed by atoms with van der Waals surface area (Å²) in [5, 5.41) is 3.25. The molecular weight excluding hydrogens is 250 g/mol. The predicted octanol–water partition coefficient (Wildman–Crippen LogP) is 1.99. The van der Waals surface area contributed by atoms with Crippen LogP contribution < -0.4 is 11.1 Å². The molecule has 2 atom stereocenters. The van der Waals surface area contributed by atoms with Crippen LogP contribution in [0.5, 0.6) is 0 Å². The number of carbonyl (C=O) groups is 1. The third-order valence-electron chi connectivity index (χ3n) is 4.53. The summed E-state index contributed by atoms with van der Waals surface area (Å²) in [7, 11) is 0. The van der Waals surface area contributed by atoms with Crippen LogP contribution in [0.2, 0.25) is 0 Å². The van der Waals surface area contributed by atoms with Crippen molar-refractivity contribution in [3.63, 3.8) is 0 Å². The molecule has 1 fully saturated rings. The lowest BCUT2D eigenvalue weighted by Crippen LogP contribution is -2.44. The van der Waals surface area contributed by atoms with E-state index < -0.39 is 0 Å². The van der Waals surface area contributed by atoms with Crippen molar-refractivity contribution < 1.29 is 4.79 Å². The number of rotatable bonds is 8. The largest absolute Gasteiger partial charge is 0.368 e. The second kappa shape index (κ2) is 9.35. The predicted molar refractivity (Wildman–Crippen MR) is 84.5 cm³/mol. The number of hydrogen-bond acceptors (Lipinski definition) is 3. The summed E-state index contributed by atoms with van der Waals surface area (Å²) >= 11 is 0. The van der Waals surface area contributed by atoms with Gasteiger partial charge >= 0.3 is 0 Å². The first kappa shape index (κ1) is 17.4. The topological polar surface area (TPSA) is 58.4 Å². The fraction of sp³-hybridized carbons (Fsp3) is 0.938. The van der Waals surface area contributed by atoms with Gasteiger partial charge in [0.05, 0.1) is 6.04 Å². The summed E-state index contributed by atoms with van der Waals surface area (Å²) in [5.41, 5.74) is 5.47. The lowest BCUT2D eigenvalue weighted by atomic mass is 9.89. The first-order chi connectivity index (χ1) is 9.54. The van der Waals surface area contributed by atoms with Gasteiger partial charge in [-0.15, -0.1) is 0 Å². The molecule has 0 radical (unpaired) electrons. The van der Waals surface area contributed by atoms with Crippen molar-refractivity contribution >= 4 is 5.91 Å². The van der Waals surface area contributed by atoms with Gasteiger partial charge in [0.25, 0.3) is 0 Å². The highest BCUT2D eigenvalue weighted by atomic mass is 16.1. The molecule has 1 saturated heterocycles. The van der Waals surface area contributed by atoms with Gasteiger partial charge in [-0.05, 0) is 63.6 Å². The van der Waals surface area contributed by atoms with Gasteiger partial charge in [-0.3, -0.25) is 4.79 Å². The molecule has 118 valence electrons. The van der Waals surface area contributed by atoms with E-state index in [0.717, 1.165) is 37.8 Å². The maximum atomic E-state index is 11.4. The molecule has 3 N–H and O–H groups in total. The molecule has 0 saturated carbocycles. The molecule has 0 bridgehead atoms. The van der Waals surface area contributed by atoms with Crippen LogP contribution in [0.4, 0.5) is 0 Å². The van der Waals surface area contributed by atoms with Gasteiger partial charge in [0.15, 0.2) is 0 Å². The molecule has 1 amide bonds. The van der Waals surface area contributed by atoms with Crippen LogP contribution >= 0.6 is 0 Å². The minimum atomic E-state index is -0.215. The van der Waals surface area contributed by atoms with Crippen LogP contribution in [0.15, 0.2) is 0 Å². The number of amides is 1. The quantitative estimate of drug-likeness (QED) is 0.716. The lowest BCUT2D eigenvalue weighted by Gasteiger charge is -2.23. The highest BCUT2D eigenvalue weighted by Gasteiger charge is 2.21. The summed E-state index contributed by atoms with van der Waals surface area (Å²) in [4.78, 5) is 13.9. The monoisotopic (exact) mass is 283 g/mol. The van der Waals surface area contributed by atoms with Gasteiger partial charge in [-0.25, -0.2) is 0 Å². The summed E-state index contributed by atoms with van der Waals surface area (Å²) < 4.78 is 0. The normalized spacial score (nSPS) is 22.7. The Bertz CT molecular complexity index is 281. The molecule has 0 spiro atoms. The molecule has 4 heteroatoms. The van der Waals surface area contributed by atoms with E-state index in [4.69, 9.17) is 5.73 Å². The molecule has 20 heavy (non-hydrogen) atoms. The van der Waals surface area contributed by atoms with Crippen LogP contribution in [0, 0.1) is 11.8 Å². The van der Waals surface area contributed by atoms with E-state index in [9.17, 15) is 4.79 Å². The van der Waals surface area contributed by atoms with Gasteiger partial charge in [0.2, 0.25) is 5.91 Å². The maximum Gasteiger partial charge on any atom is 0.234 e. The second-order valence-corrected chi connectivity index (χ2v) is 6.47. The average Bonchev–Trinajstić information content (AvgIpc) is 2.64. The molecule has 2 unspecified atom stereocenters. The fourth-order valence-corrected chi connectivity index (χ4v) is 3.05. The maximum absolute atomic E-state index is 11.4. The number of nitrogens with two attached hydrogens (primary N) is 1. The average molecular weight is 283 g/mol. The van der Waals surface area contributed by atoms with Crippen molar-refractivity contribution in [3.05, 3.63) is 0 Å². The zero-order valence-electron chi connectivity index (χ0n) is 13.5. The van der Waals surface area contributed by atoms with E-state index in [0.29, 0.717) is 0 Å². The van der Waals surface area contributed by atoms with Crippen molar-refractivity contribution in [1.82, 2.24) is 10.2 Å². The zero-order chi connectivity index (χ0) is 15.0. The van der Waals surface area contributed by atoms with Crippen molar-refractivity contribution in [2.45, 2.75) is 58.9 Å².